The summed E-state index contributed by atoms with van der Waals surface area (Å²) in [4.78, 5) is 25.5. The summed E-state index contributed by atoms with van der Waals surface area (Å²) >= 11 is 12.1. The Bertz CT molecular complexity index is 807. The first-order valence-electron chi connectivity index (χ1n) is 7.64. The third kappa shape index (κ3) is 4.60. The Labute approximate surface area is 152 Å². The highest BCUT2D eigenvalue weighted by Crippen LogP contribution is 2.29. The number of H-pyrrole nitrogens is 1. The van der Waals surface area contributed by atoms with Crippen LogP contribution in [0.2, 0.25) is 10.0 Å². The van der Waals surface area contributed by atoms with Crippen LogP contribution in [0.15, 0.2) is 27.5 Å². The van der Waals surface area contributed by atoms with E-state index in [9.17, 15) is 9.59 Å². The average molecular weight is 387 g/mol. The molecule has 134 valence electrons. The minimum absolute atomic E-state index is 0.101. The highest BCUT2D eigenvalue weighted by molar-refractivity contribution is 6.42. The van der Waals surface area contributed by atoms with Gasteiger partial charge in [-0.1, -0.05) is 34.4 Å². The number of carbonyl (C=O) groups excluding carboxylic acids is 1. The molecule has 25 heavy (non-hydrogen) atoms. The smallest absolute Gasteiger partial charge is 0.370 e. The molecule has 1 aromatic heterocycles. The highest BCUT2D eigenvalue weighted by atomic mass is 35.5. The summed E-state index contributed by atoms with van der Waals surface area (Å²) in [5.41, 5.74) is 0.818. The van der Waals surface area contributed by atoms with E-state index >= 15 is 0 Å². The largest absolute Gasteiger partial charge is 0.438 e. The van der Waals surface area contributed by atoms with Crippen molar-refractivity contribution >= 4 is 29.1 Å². The van der Waals surface area contributed by atoms with E-state index in [1.807, 2.05) is 6.07 Å². The lowest BCUT2D eigenvalue weighted by Gasteiger charge is -2.26. The quantitative estimate of drug-likeness (QED) is 0.724. The molecule has 0 radical (unpaired) electrons. The molecular weight excluding hydrogens is 371 g/mol. The van der Waals surface area contributed by atoms with Crippen molar-refractivity contribution in [2.75, 3.05) is 19.7 Å². The number of rotatable bonds is 4. The van der Waals surface area contributed by atoms with Gasteiger partial charge in [-0.25, -0.2) is 4.79 Å². The monoisotopic (exact) mass is 386 g/mol. The summed E-state index contributed by atoms with van der Waals surface area (Å²) < 4.78 is 10.3. The number of nitrogens with one attached hydrogen (secondary N) is 3. The Hall–Kier alpha value is -1.87. The van der Waals surface area contributed by atoms with E-state index in [0.717, 1.165) is 5.56 Å². The number of carbonyl (C=O) groups is 1. The summed E-state index contributed by atoms with van der Waals surface area (Å²) in [5.74, 6) is -0.848. The lowest BCUT2D eigenvalue weighted by atomic mass is 10.0. The van der Waals surface area contributed by atoms with Gasteiger partial charge in [0.25, 0.3) is 0 Å². The van der Waals surface area contributed by atoms with Crippen LogP contribution < -0.4 is 16.4 Å². The van der Waals surface area contributed by atoms with Crippen molar-refractivity contribution in [3.8, 4) is 0 Å². The van der Waals surface area contributed by atoms with Crippen molar-refractivity contribution in [1.82, 2.24) is 20.8 Å². The molecule has 0 spiro atoms. The molecule has 3 rings (SSSR count). The summed E-state index contributed by atoms with van der Waals surface area (Å²) in [7, 11) is 0. The minimum Gasteiger partial charge on any atom is -0.370 e. The molecule has 1 fully saturated rings. The maximum absolute atomic E-state index is 12.3. The Morgan fingerprint density at radius 1 is 1.36 bits per heavy atom. The first-order valence-corrected chi connectivity index (χ1v) is 8.40. The van der Waals surface area contributed by atoms with Crippen molar-refractivity contribution < 1.29 is 14.1 Å². The number of amides is 1. The van der Waals surface area contributed by atoms with Gasteiger partial charge < -0.3 is 15.4 Å². The molecule has 2 heterocycles. The Morgan fingerprint density at radius 3 is 2.92 bits per heavy atom. The lowest BCUT2D eigenvalue weighted by Crippen LogP contribution is -2.45. The van der Waals surface area contributed by atoms with Crippen molar-refractivity contribution in [2.45, 2.75) is 18.6 Å². The number of aromatic nitrogens is 2. The molecule has 10 heteroatoms. The zero-order chi connectivity index (χ0) is 17.8. The van der Waals surface area contributed by atoms with Crippen LogP contribution in [0.3, 0.4) is 0 Å². The van der Waals surface area contributed by atoms with Gasteiger partial charge in [-0.15, -0.1) is 0 Å². The van der Waals surface area contributed by atoms with Crippen LogP contribution in [0.5, 0.6) is 0 Å². The Morgan fingerprint density at radius 2 is 2.20 bits per heavy atom. The number of aromatic amines is 1. The van der Waals surface area contributed by atoms with E-state index in [4.69, 9.17) is 27.9 Å². The van der Waals surface area contributed by atoms with Crippen molar-refractivity contribution in [3.05, 3.63) is 50.2 Å². The summed E-state index contributed by atoms with van der Waals surface area (Å²) in [5, 5.41) is 10.5. The molecule has 2 aromatic rings. The van der Waals surface area contributed by atoms with Crippen LogP contribution >= 0.6 is 23.2 Å². The molecule has 1 aliphatic heterocycles. The predicted molar refractivity (Wildman–Crippen MR) is 90.8 cm³/mol. The number of hydrogen-bond donors (Lipinski definition) is 3. The van der Waals surface area contributed by atoms with E-state index in [1.54, 1.807) is 12.1 Å². The molecule has 2 atom stereocenters. The molecule has 1 amide bonds. The van der Waals surface area contributed by atoms with Gasteiger partial charge in [-0.2, -0.15) is 0 Å². The second kappa shape index (κ2) is 8.01. The summed E-state index contributed by atoms with van der Waals surface area (Å²) in [6.07, 6.45) is -0.485. The fourth-order valence-electron chi connectivity index (χ4n) is 2.63. The maximum atomic E-state index is 12.3. The van der Waals surface area contributed by atoms with Crippen LogP contribution in [0.4, 0.5) is 0 Å². The minimum atomic E-state index is -0.698. The second-order valence-corrected chi connectivity index (χ2v) is 6.38. The van der Waals surface area contributed by atoms with Crippen LogP contribution in [0.1, 0.15) is 17.5 Å². The summed E-state index contributed by atoms with van der Waals surface area (Å²) in [6.45, 7) is 1.68. The van der Waals surface area contributed by atoms with Crippen LogP contribution in [-0.2, 0) is 16.0 Å². The molecular formula is C15H16Cl2N4O4. The third-order valence-corrected chi connectivity index (χ3v) is 4.48. The van der Waals surface area contributed by atoms with E-state index in [1.165, 1.54) is 0 Å². The third-order valence-electron chi connectivity index (χ3n) is 3.74. The van der Waals surface area contributed by atoms with Crippen molar-refractivity contribution in [3.63, 3.8) is 0 Å². The van der Waals surface area contributed by atoms with Gasteiger partial charge in [0, 0.05) is 13.1 Å². The van der Waals surface area contributed by atoms with Gasteiger partial charge in [0.2, 0.25) is 5.91 Å². The molecule has 0 unspecified atom stereocenters. The van der Waals surface area contributed by atoms with Crippen molar-refractivity contribution in [1.29, 1.82) is 0 Å². The topological polar surface area (TPSA) is 109 Å². The molecule has 1 aromatic carbocycles. The van der Waals surface area contributed by atoms with Gasteiger partial charge in [0.1, 0.15) is 6.10 Å². The van der Waals surface area contributed by atoms with Gasteiger partial charge in [0.15, 0.2) is 5.82 Å². The molecule has 8 nitrogen and oxygen atoms in total. The summed E-state index contributed by atoms with van der Waals surface area (Å²) in [6, 6.07) is 4.91. The lowest BCUT2D eigenvalue weighted by molar-refractivity contribution is -0.122. The zero-order valence-electron chi connectivity index (χ0n) is 13.1. The SMILES string of the molecule is O=C(Cc1noc(=O)[nH]1)N[C@@H]1CNCCO[C@H]1c1ccc(Cl)c(Cl)c1. The molecule has 0 saturated carbocycles. The highest BCUT2D eigenvalue weighted by Gasteiger charge is 2.28. The van der Waals surface area contributed by atoms with E-state index < -0.39 is 5.76 Å². The first kappa shape index (κ1) is 17.9. The van der Waals surface area contributed by atoms with Crippen molar-refractivity contribution in [2.24, 2.45) is 0 Å². The van der Waals surface area contributed by atoms with Gasteiger partial charge in [-0.05, 0) is 17.7 Å². The standard InChI is InChI=1S/C15H16Cl2N4O4/c16-9-2-1-8(5-10(9)17)14-11(7-18-3-4-24-14)19-13(22)6-12-20-15(23)25-21-12/h1-2,5,11,14,18H,3-4,6-7H2,(H,19,22)(H,20,21,23)/t11-,14+/m1/s1. The normalized spacial score (nSPS) is 20.9. The molecule has 0 aliphatic carbocycles. The molecule has 1 aliphatic rings. The predicted octanol–water partition coefficient (Wildman–Crippen LogP) is 1.06. The number of ether oxygens (including phenoxy) is 1. The number of halogens is 2. The number of nitrogens with zero attached hydrogens (tertiary/aromatic N) is 1. The fourth-order valence-corrected chi connectivity index (χ4v) is 2.94. The zero-order valence-corrected chi connectivity index (χ0v) is 14.6. The van der Waals surface area contributed by atoms with E-state index in [-0.39, 0.29) is 30.3 Å². The average Bonchev–Trinajstić information content (AvgIpc) is 2.83. The van der Waals surface area contributed by atoms with Crippen LogP contribution in [0.25, 0.3) is 0 Å². The van der Waals surface area contributed by atoms with Gasteiger partial charge >= 0.3 is 5.76 Å². The van der Waals surface area contributed by atoms with E-state index in [0.29, 0.717) is 29.7 Å². The van der Waals surface area contributed by atoms with Gasteiger partial charge in [-0.3, -0.25) is 14.3 Å². The molecule has 3 N–H and O–H groups in total. The fraction of sp³-hybridized carbons (Fsp3) is 0.400. The second-order valence-electron chi connectivity index (χ2n) is 5.56. The number of benzene rings is 1. The molecule has 1 saturated heterocycles. The Kier molecular flexibility index (Phi) is 5.74. The maximum Gasteiger partial charge on any atom is 0.438 e. The number of hydrogen-bond acceptors (Lipinski definition) is 6. The van der Waals surface area contributed by atoms with Crippen LogP contribution in [0, 0.1) is 0 Å². The van der Waals surface area contributed by atoms with E-state index in [2.05, 4.69) is 25.3 Å². The van der Waals surface area contributed by atoms with Gasteiger partial charge in [0.05, 0.1) is 29.1 Å². The van der Waals surface area contributed by atoms with Crippen LogP contribution in [-0.4, -0.2) is 41.8 Å². The first-order chi connectivity index (χ1) is 12.0. The Balaban J connectivity index is 1.74. The molecule has 0 bridgehead atoms.